The van der Waals surface area contributed by atoms with Gasteiger partial charge in [0.05, 0.1) is 13.2 Å². The normalized spacial score (nSPS) is 17.4. The van der Waals surface area contributed by atoms with Crippen LogP contribution in [0.5, 0.6) is 17.2 Å². The van der Waals surface area contributed by atoms with Crippen LogP contribution in [-0.4, -0.2) is 25.2 Å². The van der Waals surface area contributed by atoms with Gasteiger partial charge in [-0.25, -0.2) is 0 Å². The molecule has 0 fully saturated rings. The number of carbonyl (C=O) groups is 1. The van der Waals surface area contributed by atoms with E-state index in [0.717, 1.165) is 33.9 Å². The van der Waals surface area contributed by atoms with Crippen molar-refractivity contribution < 1.29 is 19.0 Å². The number of benzene rings is 2. The minimum absolute atomic E-state index is 0.0264. The molecular formula is C22H27NO4. The molecule has 2 aromatic rings. The number of hydrogen-bond donors (Lipinski definition) is 1. The van der Waals surface area contributed by atoms with E-state index < -0.39 is 0 Å². The highest BCUT2D eigenvalue weighted by Crippen LogP contribution is 2.41. The van der Waals surface area contributed by atoms with Crippen molar-refractivity contribution in [3.05, 3.63) is 53.1 Å². The molecule has 1 N–H and O–H groups in total. The lowest BCUT2D eigenvalue weighted by Gasteiger charge is -2.38. The maximum Gasteiger partial charge on any atom is 0.258 e. The molecule has 1 heterocycles. The van der Waals surface area contributed by atoms with Crippen LogP contribution in [0.4, 0.5) is 0 Å². The molecule has 3 rings (SSSR count). The van der Waals surface area contributed by atoms with E-state index in [0.29, 0.717) is 6.42 Å². The van der Waals surface area contributed by atoms with E-state index in [-0.39, 0.29) is 24.2 Å². The Kier molecular flexibility index (Phi) is 5.31. The first kappa shape index (κ1) is 19.1. The van der Waals surface area contributed by atoms with Gasteiger partial charge in [-0.1, -0.05) is 12.1 Å². The second kappa shape index (κ2) is 7.51. The molecule has 0 aliphatic carbocycles. The van der Waals surface area contributed by atoms with E-state index in [1.807, 2.05) is 64.1 Å². The summed E-state index contributed by atoms with van der Waals surface area (Å²) in [5, 5.41) is 3.09. The summed E-state index contributed by atoms with van der Waals surface area (Å²) >= 11 is 0. The smallest absolute Gasteiger partial charge is 0.258 e. The minimum atomic E-state index is -0.368. The Morgan fingerprint density at radius 2 is 2.04 bits per heavy atom. The summed E-state index contributed by atoms with van der Waals surface area (Å²) in [4.78, 5) is 12.5. The second-order valence-electron chi connectivity index (χ2n) is 7.58. The highest BCUT2D eigenvalue weighted by molar-refractivity contribution is 5.78. The first-order chi connectivity index (χ1) is 12.8. The molecule has 0 bridgehead atoms. The van der Waals surface area contributed by atoms with Crippen LogP contribution < -0.4 is 19.5 Å². The van der Waals surface area contributed by atoms with Gasteiger partial charge in [0.25, 0.3) is 5.91 Å². The molecule has 1 amide bonds. The van der Waals surface area contributed by atoms with Crippen LogP contribution in [-0.2, 0) is 4.79 Å². The number of ether oxygens (including phenoxy) is 3. The minimum Gasteiger partial charge on any atom is -0.497 e. The van der Waals surface area contributed by atoms with E-state index in [2.05, 4.69) is 5.32 Å². The molecular weight excluding hydrogens is 342 g/mol. The number of methoxy groups -OCH3 is 1. The molecule has 27 heavy (non-hydrogen) atoms. The fraction of sp³-hybridized carbons (Fsp3) is 0.409. The molecule has 1 atom stereocenters. The lowest BCUT2D eigenvalue weighted by molar-refractivity contribution is -0.124. The summed E-state index contributed by atoms with van der Waals surface area (Å²) in [6.07, 6.45) is 0.669. The molecule has 144 valence electrons. The highest BCUT2D eigenvalue weighted by atomic mass is 16.5. The lowest BCUT2D eigenvalue weighted by Crippen LogP contribution is -2.42. The Hall–Kier alpha value is -2.69. The van der Waals surface area contributed by atoms with E-state index >= 15 is 0 Å². The molecule has 2 aromatic carbocycles. The Morgan fingerprint density at radius 1 is 1.26 bits per heavy atom. The predicted octanol–water partition coefficient (Wildman–Crippen LogP) is 4.11. The maximum atomic E-state index is 12.5. The third-order valence-corrected chi connectivity index (χ3v) is 4.92. The topological polar surface area (TPSA) is 56.8 Å². The predicted molar refractivity (Wildman–Crippen MR) is 105 cm³/mol. The number of hydrogen-bond acceptors (Lipinski definition) is 4. The van der Waals surface area contributed by atoms with E-state index in [4.69, 9.17) is 14.2 Å². The van der Waals surface area contributed by atoms with Gasteiger partial charge in [0, 0.05) is 12.0 Å². The van der Waals surface area contributed by atoms with Gasteiger partial charge < -0.3 is 19.5 Å². The molecule has 5 heteroatoms. The van der Waals surface area contributed by atoms with Crippen LogP contribution in [0, 0.1) is 13.8 Å². The first-order valence-corrected chi connectivity index (χ1v) is 9.14. The van der Waals surface area contributed by atoms with Crippen molar-refractivity contribution in [2.24, 2.45) is 0 Å². The molecule has 0 spiro atoms. The van der Waals surface area contributed by atoms with Crippen LogP contribution in [0.1, 0.15) is 43.0 Å². The quantitative estimate of drug-likeness (QED) is 0.862. The zero-order valence-corrected chi connectivity index (χ0v) is 16.6. The summed E-state index contributed by atoms with van der Waals surface area (Å²) in [6, 6.07) is 11.3. The first-order valence-electron chi connectivity index (χ1n) is 9.14. The average molecular weight is 369 g/mol. The molecule has 0 aromatic heterocycles. The van der Waals surface area contributed by atoms with Gasteiger partial charge in [-0.05, 0) is 63.1 Å². The Labute approximate surface area is 160 Å². The number of nitrogens with one attached hydrogen (secondary N) is 1. The maximum absolute atomic E-state index is 12.5. The average Bonchev–Trinajstić information content (AvgIpc) is 2.62. The van der Waals surface area contributed by atoms with Crippen LogP contribution in [0.15, 0.2) is 36.4 Å². The monoisotopic (exact) mass is 369 g/mol. The van der Waals surface area contributed by atoms with Crippen molar-refractivity contribution in [2.75, 3.05) is 13.7 Å². The summed E-state index contributed by atoms with van der Waals surface area (Å²) in [6.45, 7) is 8.03. The SMILES string of the molecule is COc1ccc2c(c1)[C@H](NC(=O)COc1cccc(C)c1C)CC(C)(C)O2. The van der Waals surface area contributed by atoms with Crippen molar-refractivity contribution >= 4 is 5.91 Å². The van der Waals surface area contributed by atoms with Gasteiger partial charge >= 0.3 is 0 Å². The van der Waals surface area contributed by atoms with Crippen LogP contribution in [0.2, 0.25) is 0 Å². The van der Waals surface area contributed by atoms with Gasteiger partial charge in [-0.3, -0.25) is 4.79 Å². The molecule has 1 aliphatic rings. The fourth-order valence-electron chi connectivity index (χ4n) is 3.35. The lowest BCUT2D eigenvalue weighted by atomic mass is 9.89. The van der Waals surface area contributed by atoms with Crippen molar-refractivity contribution in [3.63, 3.8) is 0 Å². The summed E-state index contributed by atoms with van der Waals surface area (Å²) in [5.41, 5.74) is 2.74. The summed E-state index contributed by atoms with van der Waals surface area (Å²) in [7, 11) is 1.63. The van der Waals surface area contributed by atoms with Crippen molar-refractivity contribution in [2.45, 2.75) is 45.8 Å². The van der Waals surface area contributed by atoms with Gasteiger partial charge in [0.1, 0.15) is 22.8 Å². The highest BCUT2D eigenvalue weighted by Gasteiger charge is 2.34. The number of amides is 1. The molecule has 0 saturated heterocycles. The fourth-order valence-corrected chi connectivity index (χ4v) is 3.35. The van der Waals surface area contributed by atoms with Crippen molar-refractivity contribution in [1.82, 2.24) is 5.32 Å². The van der Waals surface area contributed by atoms with Gasteiger partial charge in [-0.15, -0.1) is 0 Å². The molecule has 1 aliphatic heterocycles. The zero-order valence-electron chi connectivity index (χ0n) is 16.6. The second-order valence-corrected chi connectivity index (χ2v) is 7.58. The third kappa shape index (κ3) is 4.35. The third-order valence-electron chi connectivity index (χ3n) is 4.92. The van der Waals surface area contributed by atoms with Crippen molar-refractivity contribution in [1.29, 1.82) is 0 Å². The van der Waals surface area contributed by atoms with E-state index in [9.17, 15) is 4.79 Å². The molecule has 5 nitrogen and oxygen atoms in total. The molecule has 0 radical (unpaired) electrons. The van der Waals surface area contributed by atoms with Crippen LogP contribution in [0.25, 0.3) is 0 Å². The Bertz CT molecular complexity index is 844. The van der Waals surface area contributed by atoms with E-state index in [1.165, 1.54) is 0 Å². The van der Waals surface area contributed by atoms with Crippen LogP contribution >= 0.6 is 0 Å². The largest absolute Gasteiger partial charge is 0.497 e. The number of fused-ring (bicyclic) bond motifs is 1. The summed E-state index contributed by atoms with van der Waals surface area (Å²) < 4.78 is 17.1. The Morgan fingerprint density at radius 3 is 2.78 bits per heavy atom. The van der Waals surface area contributed by atoms with Crippen LogP contribution in [0.3, 0.4) is 0 Å². The number of carbonyl (C=O) groups excluding carboxylic acids is 1. The molecule has 0 unspecified atom stereocenters. The Balaban J connectivity index is 1.72. The molecule has 0 saturated carbocycles. The number of aryl methyl sites for hydroxylation is 1. The zero-order chi connectivity index (χ0) is 19.6. The van der Waals surface area contributed by atoms with Gasteiger partial charge in [0.15, 0.2) is 6.61 Å². The van der Waals surface area contributed by atoms with Gasteiger partial charge in [0.2, 0.25) is 0 Å². The number of rotatable bonds is 5. The van der Waals surface area contributed by atoms with E-state index in [1.54, 1.807) is 7.11 Å². The van der Waals surface area contributed by atoms with Crippen molar-refractivity contribution in [3.8, 4) is 17.2 Å². The standard InChI is InChI=1S/C22H27NO4/c1-14-7-6-8-19(15(14)2)26-13-21(24)23-18-12-22(3,4)27-20-10-9-16(25-5)11-17(18)20/h6-11,18H,12-13H2,1-5H3,(H,23,24)/t18-/m1/s1. The summed E-state index contributed by atoms with van der Waals surface area (Å²) in [5.74, 6) is 2.09. The van der Waals surface area contributed by atoms with Gasteiger partial charge in [-0.2, -0.15) is 0 Å².